The molecule has 4 nitrogen and oxygen atoms in total. The summed E-state index contributed by atoms with van der Waals surface area (Å²) in [6, 6.07) is 13.7. The number of para-hydroxylation sites is 1. The van der Waals surface area contributed by atoms with Crippen LogP contribution in [0.5, 0.6) is 11.5 Å². The number of hydrogen-bond donors (Lipinski definition) is 1. The summed E-state index contributed by atoms with van der Waals surface area (Å²) < 4.78 is 12.0. The average molecular weight is 436 g/mol. The molecule has 3 rings (SSSR count). The summed E-state index contributed by atoms with van der Waals surface area (Å²) in [4.78, 5) is 12.8. The lowest BCUT2D eigenvalue weighted by atomic mass is 9.86. The molecule has 0 aromatic heterocycles. The number of amides is 1. The molecule has 0 fully saturated rings. The molecule has 32 heavy (non-hydrogen) atoms. The molecule has 2 aromatic carbocycles. The van der Waals surface area contributed by atoms with Gasteiger partial charge in [-0.3, -0.25) is 4.79 Å². The first-order chi connectivity index (χ1) is 15.4. The highest BCUT2D eigenvalue weighted by molar-refractivity contribution is 5.94. The zero-order chi connectivity index (χ0) is 23.0. The van der Waals surface area contributed by atoms with Crippen molar-refractivity contribution in [3.63, 3.8) is 0 Å². The van der Waals surface area contributed by atoms with Gasteiger partial charge in [-0.15, -0.1) is 0 Å². The Morgan fingerprint density at radius 1 is 1.03 bits per heavy atom. The molecule has 0 aliphatic heterocycles. The lowest BCUT2D eigenvalue weighted by molar-refractivity contribution is 0.0954. The molecule has 0 spiro atoms. The van der Waals surface area contributed by atoms with Gasteiger partial charge in [0.1, 0.15) is 18.1 Å². The van der Waals surface area contributed by atoms with Crippen molar-refractivity contribution in [2.75, 3.05) is 13.2 Å². The summed E-state index contributed by atoms with van der Waals surface area (Å²) in [6.45, 7) is 10.1. The standard InChI is InChI=1S/C28H37NO3/c1-5-31-25-16-15-22(27(30)29-18-17-21-11-7-6-8-12-21)19-23(25)20-32-26-14-10-9-13-24(26)28(2,3)4/h9-11,13-16,19H,5-8,12,17-18,20H2,1-4H3,(H,29,30). The number of nitrogens with one attached hydrogen (secondary N) is 1. The molecule has 1 N–H and O–H groups in total. The highest BCUT2D eigenvalue weighted by Crippen LogP contribution is 2.32. The summed E-state index contributed by atoms with van der Waals surface area (Å²) in [5.41, 5.74) is 4.11. The van der Waals surface area contributed by atoms with Gasteiger partial charge in [-0.25, -0.2) is 0 Å². The summed E-state index contributed by atoms with van der Waals surface area (Å²) >= 11 is 0. The highest BCUT2D eigenvalue weighted by atomic mass is 16.5. The monoisotopic (exact) mass is 435 g/mol. The van der Waals surface area contributed by atoms with E-state index in [0.717, 1.165) is 35.5 Å². The largest absolute Gasteiger partial charge is 0.493 e. The third-order valence-electron chi connectivity index (χ3n) is 5.82. The Morgan fingerprint density at radius 2 is 1.84 bits per heavy atom. The third kappa shape index (κ3) is 6.62. The van der Waals surface area contributed by atoms with Gasteiger partial charge in [-0.1, -0.05) is 50.6 Å². The van der Waals surface area contributed by atoms with Crippen LogP contribution in [-0.4, -0.2) is 19.1 Å². The van der Waals surface area contributed by atoms with Crippen molar-refractivity contribution in [2.45, 2.75) is 71.8 Å². The fourth-order valence-electron chi connectivity index (χ4n) is 4.07. The Hall–Kier alpha value is -2.75. The molecular weight excluding hydrogens is 398 g/mol. The van der Waals surface area contributed by atoms with Gasteiger partial charge in [0.25, 0.3) is 5.91 Å². The van der Waals surface area contributed by atoms with E-state index >= 15 is 0 Å². The number of rotatable bonds is 9. The smallest absolute Gasteiger partial charge is 0.251 e. The molecular formula is C28H37NO3. The van der Waals surface area contributed by atoms with E-state index in [1.54, 1.807) is 0 Å². The van der Waals surface area contributed by atoms with E-state index in [1.807, 2.05) is 43.3 Å². The summed E-state index contributed by atoms with van der Waals surface area (Å²) in [5, 5.41) is 3.07. The maximum absolute atomic E-state index is 12.8. The Kier molecular flexibility index (Phi) is 8.38. The molecule has 0 bridgehead atoms. The van der Waals surface area contributed by atoms with Crippen LogP contribution in [0.2, 0.25) is 0 Å². The van der Waals surface area contributed by atoms with Crippen molar-refractivity contribution in [1.29, 1.82) is 0 Å². The molecule has 172 valence electrons. The van der Waals surface area contributed by atoms with E-state index in [0.29, 0.717) is 25.3 Å². The number of allylic oxidation sites excluding steroid dienone is 1. The molecule has 0 atom stereocenters. The SMILES string of the molecule is CCOc1ccc(C(=O)NCCC2=CCCCC2)cc1COc1ccccc1C(C)(C)C. The molecule has 1 aliphatic rings. The van der Waals surface area contributed by atoms with Crippen molar-refractivity contribution < 1.29 is 14.3 Å². The average Bonchev–Trinajstić information content (AvgIpc) is 2.79. The normalized spacial score (nSPS) is 13.9. The van der Waals surface area contributed by atoms with Crippen molar-refractivity contribution in [2.24, 2.45) is 0 Å². The van der Waals surface area contributed by atoms with Gasteiger partial charge in [-0.05, 0) is 74.3 Å². The van der Waals surface area contributed by atoms with Gasteiger partial charge in [-0.2, -0.15) is 0 Å². The molecule has 0 saturated carbocycles. The third-order valence-corrected chi connectivity index (χ3v) is 5.82. The number of carbonyl (C=O) groups is 1. The van der Waals surface area contributed by atoms with Crippen molar-refractivity contribution >= 4 is 5.91 Å². The van der Waals surface area contributed by atoms with Crippen LogP contribution in [0.25, 0.3) is 0 Å². The van der Waals surface area contributed by atoms with Crippen LogP contribution in [0.3, 0.4) is 0 Å². The molecule has 0 radical (unpaired) electrons. The van der Waals surface area contributed by atoms with Gasteiger partial charge < -0.3 is 14.8 Å². The van der Waals surface area contributed by atoms with Crippen LogP contribution in [0.4, 0.5) is 0 Å². The van der Waals surface area contributed by atoms with Gasteiger partial charge in [0.2, 0.25) is 0 Å². The first kappa shape index (κ1) is 23.9. The minimum absolute atomic E-state index is 0.0190. The van der Waals surface area contributed by atoms with Crippen LogP contribution < -0.4 is 14.8 Å². The Labute approximate surface area is 193 Å². The first-order valence-corrected chi connectivity index (χ1v) is 11.8. The molecule has 0 unspecified atom stereocenters. The zero-order valence-electron chi connectivity index (χ0n) is 20.0. The van der Waals surface area contributed by atoms with Crippen molar-refractivity contribution in [1.82, 2.24) is 5.32 Å². The summed E-state index contributed by atoms with van der Waals surface area (Å²) in [7, 11) is 0. The predicted molar refractivity (Wildman–Crippen MR) is 131 cm³/mol. The fourth-order valence-corrected chi connectivity index (χ4v) is 4.07. The van der Waals surface area contributed by atoms with E-state index in [9.17, 15) is 4.79 Å². The summed E-state index contributed by atoms with van der Waals surface area (Å²) in [6.07, 6.45) is 8.15. The maximum Gasteiger partial charge on any atom is 0.251 e. The molecule has 0 saturated heterocycles. The molecule has 1 aliphatic carbocycles. The topological polar surface area (TPSA) is 47.6 Å². The quantitative estimate of drug-likeness (QED) is 0.452. The molecule has 1 amide bonds. The van der Waals surface area contributed by atoms with E-state index in [-0.39, 0.29) is 11.3 Å². The second-order valence-corrected chi connectivity index (χ2v) is 9.40. The predicted octanol–water partition coefficient (Wildman–Crippen LogP) is 6.58. The Bertz CT molecular complexity index is 940. The number of carbonyl (C=O) groups excluding carboxylic acids is 1. The number of ether oxygens (including phenoxy) is 2. The van der Waals surface area contributed by atoms with Gasteiger partial charge in [0.15, 0.2) is 0 Å². The van der Waals surface area contributed by atoms with Crippen LogP contribution >= 0.6 is 0 Å². The lowest BCUT2D eigenvalue weighted by Gasteiger charge is -2.23. The number of benzene rings is 2. The van der Waals surface area contributed by atoms with E-state index < -0.39 is 0 Å². The van der Waals surface area contributed by atoms with E-state index in [1.165, 1.54) is 24.8 Å². The Morgan fingerprint density at radius 3 is 2.56 bits per heavy atom. The van der Waals surface area contributed by atoms with Crippen molar-refractivity contribution in [3.8, 4) is 11.5 Å². The van der Waals surface area contributed by atoms with E-state index in [2.05, 4.69) is 38.2 Å². The fraction of sp³-hybridized carbons (Fsp3) is 0.464. The Balaban J connectivity index is 1.69. The van der Waals surface area contributed by atoms with Crippen LogP contribution in [-0.2, 0) is 12.0 Å². The highest BCUT2D eigenvalue weighted by Gasteiger charge is 2.19. The minimum Gasteiger partial charge on any atom is -0.493 e. The minimum atomic E-state index is -0.0548. The number of hydrogen-bond acceptors (Lipinski definition) is 3. The molecule has 2 aromatic rings. The zero-order valence-corrected chi connectivity index (χ0v) is 20.0. The van der Waals surface area contributed by atoms with E-state index in [4.69, 9.17) is 9.47 Å². The van der Waals surface area contributed by atoms with Crippen LogP contribution in [0.1, 0.15) is 81.3 Å². The van der Waals surface area contributed by atoms with Gasteiger partial charge in [0, 0.05) is 17.7 Å². The molecule has 0 heterocycles. The first-order valence-electron chi connectivity index (χ1n) is 11.8. The summed E-state index contributed by atoms with van der Waals surface area (Å²) in [5.74, 6) is 1.56. The lowest BCUT2D eigenvalue weighted by Crippen LogP contribution is -2.25. The second-order valence-electron chi connectivity index (χ2n) is 9.40. The maximum atomic E-state index is 12.8. The van der Waals surface area contributed by atoms with Crippen molar-refractivity contribution in [3.05, 3.63) is 70.8 Å². The van der Waals surface area contributed by atoms with Gasteiger partial charge in [0.05, 0.1) is 6.61 Å². The van der Waals surface area contributed by atoms with Crippen LogP contribution in [0, 0.1) is 0 Å². The second kappa shape index (κ2) is 11.2. The van der Waals surface area contributed by atoms with Crippen LogP contribution in [0.15, 0.2) is 54.1 Å². The van der Waals surface area contributed by atoms with Gasteiger partial charge >= 0.3 is 0 Å². The molecule has 4 heteroatoms.